The molecule has 0 aliphatic heterocycles. The van der Waals surface area contributed by atoms with E-state index in [0.29, 0.717) is 17.5 Å². The van der Waals surface area contributed by atoms with E-state index in [-0.39, 0.29) is 5.41 Å². The zero-order valence-electron chi connectivity index (χ0n) is 35.8. The molecule has 0 fully saturated rings. The third-order valence-electron chi connectivity index (χ3n) is 13.5. The van der Waals surface area contributed by atoms with E-state index in [0.717, 1.165) is 61.0 Å². The van der Waals surface area contributed by atoms with Gasteiger partial charge in [0.2, 0.25) is 0 Å². The maximum atomic E-state index is 6.56. The lowest BCUT2D eigenvalue weighted by atomic mass is 9.82. The highest BCUT2D eigenvalue weighted by Gasteiger charge is 2.36. The maximum absolute atomic E-state index is 6.56. The molecule has 3 heterocycles. The molecular weight excluding hydrogens is 793 g/mol. The predicted molar refractivity (Wildman–Crippen MR) is 266 cm³/mol. The van der Waals surface area contributed by atoms with Crippen LogP contribution in [0.15, 0.2) is 211 Å². The van der Waals surface area contributed by atoms with Crippen molar-refractivity contribution in [2.45, 2.75) is 19.3 Å². The van der Waals surface area contributed by atoms with Crippen LogP contribution in [0.5, 0.6) is 0 Å². The zero-order chi connectivity index (χ0) is 43.2. The van der Waals surface area contributed by atoms with Crippen molar-refractivity contribution < 1.29 is 4.42 Å². The summed E-state index contributed by atoms with van der Waals surface area (Å²) in [6.07, 6.45) is 0. The monoisotopic (exact) mass is 832 g/mol. The Labute approximate surface area is 376 Å². The summed E-state index contributed by atoms with van der Waals surface area (Å²) in [5.41, 5.74) is 17.8. The first-order chi connectivity index (χ1) is 32.0. The van der Waals surface area contributed by atoms with Crippen LogP contribution >= 0.6 is 0 Å². The summed E-state index contributed by atoms with van der Waals surface area (Å²) in [5, 5.41) is 4.38. The van der Waals surface area contributed by atoms with E-state index in [1.54, 1.807) is 0 Å². The fourth-order valence-electron chi connectivity index (χ4n) is 10.3. The SMILES string of the molecule is CC1(C)c2ccccc2-c2c(-c3ccc4c(c3)c3cc(-c5ccc6oc7cccc(-c8nc(-c9ccccc9)nc(-c9ccccc9)n8)c7c6c5)ccc3n4-c3ccccc3)cccc21. The molecule has 0 bridgehead atoms. The molecule has 13 rings (SSSR count). The van der Waals surface area contributed by atoms with Crippen molar-refractivity contribution in [2.24, 2.45) is 0 Å². The van der Waals surface area contributed by atoms with Gasteiger partial charge in [0.25, 0.3) is 0 Å². The van der Waals surface area contributed by atoms with Crippen LogP contribution < -0.4 is 0 Å². The normalized spacial score (nSPS) is 12.9. The number of nitrogens with zero attached hydrogens (tertiary/aromatic N) is 4. The van der Waals surface area contributed by atoms with E-state index in [1.807, 2.05) is 72.8 Å². The molecule has 1 aliphatic carbocycles. The number of furan rings is 1. The predicted octanol–water partition coefficient (Wildman–Crippen LogP) is 15.5. The molecule has 0 atom stereocenters. The molecule has 5 nitrogen and oxygen atoms in total. The molecule has 0 radical (unpaired) electrons. The standard InChI is InChI=1S/C60H40N4O/c1-60(2)49-25-13-12-22-44(49)55-43(23-14-26-50(55)60)41-29-32-52-47(36-41)46-34-39(28-31-51(46)64(52)42-20-10-5-11-21-42)40-30-33-53-48(35-40)56-45(24-15-27-54(56)65-53)59-62-57(37-16-6-3-7-17-37)61-58(63-59)38-18-8-4-9-19-38/h3-36H,1-2H3. The highest BCUT2D eigenvalue weighted by atomic mass is 16.3. The van der Waals surface area contributed by atoms with Gasteiger partial charge in [0.15, 0.2) is 17.5 Å². The average molecular weight is 833 g/mol. The van der Waals surface area contributed by atoms with Gasteiger partial charge < -0.3 is 8.98 Å². The lowest BCUT2D eigenvalue weighted by Crippen LogP contribution is -2.14. The molecule has 12 aromatic rings. The second-order valence-corrected chi connectivity index (χ2v) is 17.6. The number of aromatic nitrogens is 4. The minimum atomic E-state index is -0.0754. The van der Waals surface area contributed by atoms with Crippen molar-refractivity contribution in [2.75, 3.05) is 0 Å². The summed E-state index contributed by atoms with van der Waals surface area (Å²) in [4.78, 5) is 15.2. The number of benzene rings is 9. The lowest BCUT2D eigenvalue weighted by Gasteiger charge is -2.21. The first-order valence-electron chi connectivity index (χ1n) is 22.2. The van der Waals surface area contributed by atoms with Gasteiger partial charge in [0.05, 0.1) is 11.0 Å². The van der Waals surface area contributed by atoms with Crippen LogP contribution in [0.4, 0.5) is 0 Å². The van der Waals surface area contributed by atoms with Crippen LogP contribution in [0.25, 0.3) is 117 Å². The van der Waals surface area contributed by atoms with Gasteiger partial charge in [-0.15, -0.1) is 0 Å². The Kier molecular flexibility index (Phi) is 8.18. The Hall–Kier alpha value is -8.41. The highest BCUT2D eigenvalue weighted by Crippen LogP contribution is 2.52. The van der Waals surface area contributed by atoms with Crippen molar-refractivity contribution in [1.82, 2.24) is 19.5 Å². The van der Waals surface area contributed by atoms with Crippen molar-refractivity contribution in [3.63, 3.8) is 0 Å². The number of hydrogen-bond acceptors (Lipinski definition) is 4. The van der Waals surface area contributed by atoms with Gasteiger partial charge in [-0.05, 0) is 99.1 Å². The number of fused-ring (bicyclic) bond motifs is 9. The van der Waals surface area contributed by atoms with Gasteiger partial charge in [-0.1, -0.05) is 166 Å². The Bertz CT molecular complexity index is 3790. The van der Waals surface area contributed by atoms with Crippen LogP contribution in [0, 0.1) is 0 Å². The van der Waals surface area contributed by atoms with Crippen LogP contribution in [0.1, 0.15) is 25.0 Å². The molecule has 9 aromatic carbocycles. The van der Waals surface area contributed by atoms with Gasteiger partial charge in [-0.3, -0.25) is 0 Å². The zero-order valence-corrected chi connectivity index (χ0v) is 35.8. The van der Waals surface area contributed by atoms with Crippen molar-refractivity contribution in [3.8, 4) is 73.2 Å². The number of rotatable bonds is 6. The molecule has 65 heavy (non-hydrogen) atoms. The van der Waals surface area contributed by atoms with Crippen LogP contribution in [-0.4, -0.2) is 19.5 Å². The molecule has 0 saturated carbocycles. The van der Waals surface area contributed by atoms with Gasteiger partial charge in [0, 0.05) is 49.3 Å². The van der Waals surface area contributed by atoms with Gasteiger partial charge in [-0.25, -0.2) is 15.0 Å². The summed E-state index contributed by atoms with van der Waals surface area (Å²) in [5.74, 6) is 1.84. The minimum absolute atomic E-state index is 0.0754. The van der Waals surface area contributed by atoms with Crippen LogP contribution in [-0.2, 0) is 5.41 Å². The summed E-state index contributed by atoms with van der Waals surface area (Å²) < 4.78 is 8.96. The second kappa shape index (κ2) is 14.3. The summed E-state index contributed by atoms with van der Waals surface area (Å²) in [6.45, 7) is 4.70. The van der Waals surface area contributed by atoms with Gasteiger partial charge >= 0.3 is 0 Å². The quantitative estimate of drug-likeness (QED) is 0.167. The summed E-state index contributed by atoms with van der Waals surface area (Å²) in [6, 6.07) is 73.2. The average Bonchev–Trinajstić information content (AvgIpc) is 3.99. The Morgan fingerprint density at radius 3 is 1.62 bits per heavy atom. The maximum Gasteiger partial charge on any atom is 0.164 e. The fourth-order valence-corrected chi connectivity index (χ4v) is 10.3. The van der Waals surface area contributed by atoms with Crippen LogP contribution in [0.2, 0.25) is 0 Å². The topological polar surface area (TPSA) is 56.7 Å². The Morgan fingerprint density at radius 1 is 0.385 bits per heavy atom. The molecule has 3 aromatic heterocycles. The lowest BCUT2D eigenvalue weighted by molar-refractivity contribution is 0.660. The molecule has 306 valence electrons. The van der Waals surface area contributed by atoms with E-state index in [9.17, 15) is 0 Å². The highest BCUT2D eigenvalue weighted by molar-refractivity contribution is 6.14. The smallest absolute Gasteiger partial charge is 0.164 e. The summed E-state index contributed by atoms with van der Waals surface area (Å²) >= 11 is 0. The number of hydrogen-bond donors (Lipinski definition) is 0. The van der Waals surface area contributed by atoms with Gasteiger partial charge in [-0.2, -0.15) is 0 Å². The van der Waals surface area contributed by atoms with Crippen molar-refractivity contribution in [1.29, 1.82) is 0 Å². The molecule has 0 N–H and O–H groups in total. The molecule has 0 unspecified atom stereocenters. The molecular formula is C60H40N4O. The van der Waals surface area contributed by atoms with Gasteiger partial charge in [0.1, 0.15) is 11.2 Å². The van der Waals surface area contributed by atoms with E-state index in [4.69, 9.17) is 19.4 Å². The van der Waals surface area contributed by atoms with E-state index >= 15 is 0 Å². The third kappa shape index (κ3) is 5.82. The van der Waals surface area contributed by atoms with E-state index in [2.05, 4.69) is 152 Å². The third-order valence-corrected chi connectivity index (χ3v) is 13.5. The first kappa shape index (κ1) is 37.2. The van der Waals surface area contributed by atoms with E-state index in [1.165, 1.54) is 49.7 Å². The van der Waals surface area contributed by atoms with Crippen LogP contribution in [0.3, 0.4) is 0 Å². The van der Waals surface area contributed by atoms with Crippen molar-refractivity contribution in [3.05, 3.63) is 217 Å². The molecule has 0 amide bonds. The Morgan fingerprint density at radius 2 is 0.908 bits per heavy atom. The molecule has 1 aliphatic rings. The largest absolute Gasteiger partial charge is 0.456 e. The van der Waals surface area contributed by atoms with E-state index < -0.39 is 0 Å². The number of para-hydroxylation sites is 1. The summed E-state index contributed by atoms with van der Waals surface area (Å²) in [7, 11) is 0. The van der Waals surface area contributed by atoms with Crippen molar-refractivity contribution >= 4 is 43.7 Å². The molecule has 5 heteroatoms. The minimum Gasteiger partial charge on any atom is -0.456 e. The second-order valence-electron chi connectivity index (χ2n) is 17.6. The fraction of sp³-hybridized carbons (Fsp3) is 0.0500. The first-order valence-corrected chi connectivity index (χ1v) is 22.2. The molecule has 0 saturated heterocycles. The molecule has 0 spiro atoms. The Balaban J connectivity index is 0.994.